The van der Waals surface area contributed by atoms with Gasteiger partial charge in [0.1, 0.15) is 6.10 Å². The summed E-state index contributed by atoms with van der Waals surface area (Å²) in [7, 11) is 3.13. The Labute approximate surface area is 112 Å². The minimum atomic E-state index is -0.760. The van der Waals surface area contributed by atoms with Crippen LogP contribution in [0.2, 0.25) is 0 Å². The molecule has 0 amide bonds. The van der Waals surface area contributed by atoms with Crippen molar-refractivity contribution in [3.05, 3.63) is 58.9 Å². The van der Waals surface area contributed by atoms with Gasteiger partial charge in [-0.3, -0.25) is 0 Å². The summed E-state index contributed by atoms with van der Waals surface area (Å²) in [4.78, 5) is 11.5. The molecule has 1 N–H and O–H groups in total. The average molecular weight is 259 g/mol. The predicted molar refractivity (Wildman–Crippen MR) is 72.0 cm³/mol. The number of rotatable bonds is 3. The number of carbonyl (C=O) groups is 1. The van der Waals surface area contributed by atoms with Crippen molar-refractivity contribution in [3.63, 3.8) is 0 Å². The molecule has 4 heteroatoms. The quantitative estimate of drug-likeness (QED) is 0.860. The fourth-order valence-corrected chi connectivity index (χ4v) is 2.00. The molecule has 0 bridgehead atoms. The molecule has 1 aromatic carbocycles. The second-order valence-electron chi connectivity index (χ2n) is 4.57. The Balaban J connectivity index is 2.33. The number of hydrogen-bond donors (Lipinski definition) is 1. The number of hydrogen-bond acceptors (Lipinski definition) is 3. The molecule has 1 heterocycles. The molecule has 100 valence electrons. The van der Waals surface area contributed by atoms with E-state index in [1.807, 2.05) is 31.2 Å². The van der Waals surface area contributed by atoms with Crippen LogP contribution in [0.25, 0.3) is 0 Å². The van der Waals surface area contributed by atoms with E-state index in [9.17, 15) is 9.90 Å². The number of methoxy groups -OCH3 is 1. The molecule has 1 atom stereocenters. The normalized spacial score (nSPS) is 12.2. The smallest absolute Gasteiger partial charge is 0.339 e. The number of aromatic nitrogens is 1. The molecule has 1 unspecified atom stereocenters. The van der Waals surface area contributed by atoms with Crippen molar-refractivity contribution >= 4 is 5.97 Å². The van der Waals surface area contributed by atoms with E-state index < -0.39 is 12.1 Å². The highest BCUT2D eigenvalue weighted by molar-refractivity contribution is 5.89. The van der Waals surface area contributed by atoms with Crippen LogP contribution in [0.15, 0.2) is 36.5 Å². The fourth-order valence-electron chi connectivity index (χ4n) is 2.00. The molecule has 2 aromatic rings. The van der Waals surface area contributed by atoms with E-state index in [1.165, 1.54) is 7.11 Å². The van der Waals surface area contributed by atoms with Crippen molar-refractivity contribution in [1.29, 1.82) is 0 Å². The van der Waals surface area contributed by atoms with Crippen LogP contribution in [0.4, 0.5) is 0 Å². The first kappa shape index (κ1) is 13.4. The monoisotopic (exact) mass is 259 g/mol. The van der Waals surface area contributed by atoms with Gasteiger partial charge in [0, 0.05) is 13.2 Å². The Morgan fingerprint density at radius 3 is 2.53 bits per heavy atom. The van der Waals surface area contributed by atoms with Crippen molar-refractivity contribution in [2.24, 2.45) is 7.05 Å². The lowest BCUT2D eigenvalue weighted by Crippen LogP contribution is -2.04. The summed E-state index contributed by atoms with van der Waals surface area (Å²) in [6.45, 7) is 1.99. The molecule has 0 aliphatic heterocycles. The van der Waals surface area contributed by atoms with Gasteiger partial charge in [0.2, 0.25) is 0 Å². The molecule has 0 spiro atoms. The number of aliphatic hydroxyl groups excluding tert-OH is 1. The van der Waals surface area contributed by atoms with Gasteiger partial charge in [0.05, 0.1) is 18.4 Å². The third-order valence-electron chi connectivity index (χ3n) is 3.14. The Kier molecular flexibility index (Phi) is 3.71. The van der Waals surface area contributed by atoms with Crippen molar-refractivity contribution in [2.45, 2.75) is 13.0 Å². The number of esters is 1. The minimum Gasteiger partial charge on any atom is -0.465 e. The molecule has 0 saturated carbocycles. The molecule has 19 heavy (non-hydrogen) atoms. The van der Waals surface area contributed by atoms with Crippen LogP contribution in [0.1, 0.15) is 33.3 Å². The Morgan fingerprint density at radius 1 is 1.32 bits per heavy atom. The Bertz CT molecular complexity index is 584. The second kappa shape index (κ2) is 5.28. The van der Waals surface area contributed by atoms with Gasteiger partial charge in [0.15, 0.2) is 0 Å². The van der Waals surface area contributed by atoms with Gasteiger partial charge in [-0.2, -0.15) is 0 Å². The molecule has 0 aliphatic carbocycles. The largest absolute Gasteiger partial charge is 0.465 e. The maximum absolute atomic E-state index is 11.5. The second-order valence-corrected chi connectivity index (χ2v) is 4.57. The Morgan fingerprint density at radius 2 is 1.95 bits per heavy atom. The SMILES string of the molecule is COC(=O)c1cc(C(O)c2ccc(C)cc2)n(C)c1. The zero-order valence-corrected chi connectivity index (χ0v) is 11.3. The van der Waals surface area contributed by atoms with E-state index in [1.54, 1.807) is 23.9 Å². The highest BCUT2D eigenvalue weighted by atomic mass is 16.5. The molecule has 2 rings (SSSR count). The highest BCUT2D eigenvalue weighted by Gasteiger charge is 2.17. The molecule has 0 aliphatic rings. The van der Waals surface area contributed by atoms with E-state index in [-0.39, 0.29) is 0 Å². The van der Waals surface area contributed by atoms with Crippen molar-refractivity contribution in [3.8, 4) is 0 Å². The van der Waals surface area contributed by atoms with Gasteiger partial charge in [0.25, 0.3) is 0 Å². The summed E-state index contributed by atoms with van der Waals surface area (Å²) < 4.78 is 6.40. The van der Waals surface area contributed by atoms with Crippen LogP contribution in [0, 0.1) is 6.92 Å². The lowest BCUT2D eigenvalue weighted by molar-refractivity contribution is 0.0600. The first-order valence-electron chi connectivity index (χ1n) is 6.02. The van der Waals surface area contributed by atoms with E-state index >= 15 is 0 Å². The van der Waals surface area contributed by atoms with Gasteiger partial charge in [-0.15, -0.1) is 0 Å². The first-order valence-corrected chi connectivity index (χ1v) is 6.02. The first-order chi connectivity index (χ1) is 9.02. The van der Waals surface area contributed by atoms with E-state index in [4.69, 9.17) is 0 Å². The molecule has 0 radical (unpaired) electrons. The van der Waals surface area contributed by atoms with E-state index in [2.05, 4.69) is 4.74 Å². The Hall–Kier alpha value is -2.07. The third kappa shape index (κ3) is 2.69. The van der Waals surface area contributed by atoms with Crippen LogP contribution < -0.4 is 0 Å². The number of benzene rings is 1. The third-order valence-corrected chi connectivity index (χ3v) is 3.14. The minimum absolute atomic E-state index is 0.405. The fraction of sp³-hybridized carbons (Fsp3) is 0.267. The molecule has 0 saturated heterocycles. The average Bonchev–Trinajstić information content (AvgIpc) is 2.80. The van der Waals surface area contributed by atoms with Gasteiger partial charge in [-0.1, -0.05) is 29.8 Å². The lowest BCUT2D eigenvalue weighted by Gasteiger charge is -2.12. The molecule has 1 aromatic heterocycles. The van der Waals surface area contributed by atoms with Crippen LogP contribution >= 0.6 is 0 Å². The molecular weight excluding hydrogens is 242 g/mol. The van der Waals surface area contributed by atoms with E-state index in [0.29, 0.717) is 11.3 Å². The lowest BCUT2D eigenvalue weighted by atomic mass is 10.0. The van der Waals surface area contributed by atoms with Crippen molar-refractivity contribution in [2.75, 3.05) is 7.11 Å². The van der Waals surface area contributed by atoms with Crippen LogP contribution in [0.5, 0.6) is 0 Å². The number of carbonyl (C=O) groups excluding carboxylic acids is 1. The number of ether oxygens (including phenoxy) is 1. The molecular formula is C15H17NO3. The summed E-state index contributed by atoms with van der Waals surface area (Å²) in [6.07, 6.45) is 0.891. The van der Waals surface area contributed by atoms with Crippen LogP contribution in [-0.4, -0.2) is 22.8 Å². The summed E-state index contributed by atoms with van der Waals surface area (Å²) >= 11 is 0. The van der Waals surface area contributed by atoms with E-state index in [0.717, 1.165) is 11.1 Å². The maximum atomic E-state index is 11.5. The standard InChI is InChI=1S/C15H17NO3/c1-10-4-6-11(7-5-10)14(17)13-8-12(9-16(13)2)15(18)19-3/h4-9,14,17H,1-3H3. The number of aliphatic hydroxyl groups is 1. The van der Waals surface area contributed by atoms with Gasteiger partial charge < -0.3 is 14.4 Å². The summed E-state index contributed by atoms with van der Waals surface area (Å²) in [6, 6.07) is 9.30. The summed E-state index contributed by atoms with van der Waals surface area (Å²) in [5.74, 6) is -0.405. The van der Waals surface area contributed by atoms with Crippen molar-refractivity contribution in [1.82, 2.24) is 4.57 Å². The van der Waals surface area contributed by atoms with Gasteiger partial charge in [-0.05, 0) is 18.6 Å². The summed E-state index contributed by atoms with van der Waals surface area (Å²) in [5, 5.41) is 10.4. The predicted octanol–water partition coefficient (Wildman–Crippen LogP) is 2.20. The zero-order chi connectivity index (χ0) is 14.0. The van der Waals surface area contributed by atoms with Gasteiger partial charge in [-0.25, -0.2) is 4.79 Å². The molecule has 0 fully saturated rings. The van der Waals surface area contributed by atoms with Gasteiger partial charge >= 0.3 is 5.97 Å². The highest BCUT2D eigenvalue weighted by Crippen LogP contribution is 2.24. The topological polar surface area (TPSA) is 51.5 Å². The maximum Gasteiger partial charge on any atom is 0.339 e. The summed E-state index contributed by atoms with van der Waals surface area (Å²) in [5.41, 5.74) is 3.02. The van der Waals surface area contributed by atoms with Crippen LogP contribution in [-0.2, 0) is 11.8 Å². The van der Waals surface area contributed by atoms with Crippen LogP contribution in [0.3, 0.4) is 0 Å². The zero-order valence-electron chi connectivity index (χ0n) is 11.3. The van der Waals surface area contributed by atoms with Crippen molar-refractivity contribution < 1.29 is 14.6 Å². The molecule has 4 nitrogen and oxygen atoms in total. The number of nitrogens with zero attached hydrogens (tertiary/aromatic N) is 1. The number of aryl methyl sites for hydroxylation is 2.